The molecule has 0 aromatic heterocycles. The minimum Gasteiger partial charge on any atom is -0.495 e. The molecule has 0 bridgehead atoms. The van der Waals surface area contributed by atoms with E-state index in [0.717, 1.165) is 12.1 Å². The maximum absolute atomic E-state index is 13.2. The van der Waals surface area contributed by atoms with E-state index < -0.39 is 28.7 Å². The van der Waals surface area contributed by atoms with E-state index in [9.17, 15) is 29.3 Å². The molecule has 0 aliphatic carbocycles. The number of urea groups is 1. The molecule has 3 aromatic carbocycles. The molecule has 1 aliphatic rings. The van der Waals surface area contributed by atoms with Crippen molar-refractivity contribution in [2.45, 2.75) is 0 Å². The molecular weight excluding hydrogens is 604 g/mol. The number of nitrogens with one attached hydrogen (secondary N) is 2. The standard InChI is InChI=1S/C27H21BrN4O9/c1-39-21-6-4-3-5-20(21)29-23(33)14-41-24-19(28)12-15(13-22(24)40-2)11-18-25(34)30-27(36)31(26(18)35)16-7-9-17(10-8-16)32(37)38/h3-13H,14H2,1-2H3,(H,29,33)(H,30,34,36)/b18-11-. The molecular formula is C27H21BrN4O9. The number of barbiturate groups is 1. The molecule has 3 aromatic rings. The highest BCUT2D eigenvalue weighted by atomic mass is 79.9. The highest BCUT2D eigenvalue weighted by molar-refractivity contribution is 9.10. The van der Waals surface area contributed by atoms with Crippen LogP contribution in [0.4, 0.5) is 21.9 Å². The summed E-state index contributed by atoms with van der Waals surface area (Å²) in [6, 6.07) is 13.6. The van der Waals surface area contributed by atoms with Crippen molar-refractivity contribution in [3.8, 4) is 17.2 Å². The molecule has 0 radical (unpaired) electrons. The number of methoxy groups -OCH3 is 2. The van der Waals surface area contributed by atoms with Crippen LogP contribution in [0.15, 0.2) is 70.7 Å². The van der Waals surface area contributed by atoms with E-state index >= 15 is 0 Å². The zero-order valence-corrected chi connectivity index (χ0v) is 23.1. The fourth-order valence-corrected chi connectivity index (χ4v) is 4.39. The molecule has 1 fully saturated rings. The summed E-state index contributed by atoms with van der Waals surface area (Å²) in [6.45, 7) is -0.374. The summed E-state index contributed by atoms with van der Waals surface area (Å²) in [5.74, 6) is -1.48. The van der Waals surface area contributed by atoms with Crippen molar-refractivity contribution < 1.29 is 38.3 Å². The topological polar surface area (TPSA) is 166 Å². The van der Waals surface area contributed by atoms with E-state index in [1.54, 1.807) is 24.3 Å². The zero-order chi connectivity index (χ0) is 29.7. The number of nitro benzene ring substituents is 1. The van der Waals surface area contributed by atoms with Crippen molar-refractivity contribution in [2.75, 3.05) is 31.0 Å². The molecule has 0 unspecified atom stereocenters. The van der Waals surface area contributed by atoms with Crippen molar-refractivity contribution >= 4 is 62.8 Å². The first-order valence-corrected chi connectivity index (χ1v) is 12.5. The van der Waals surface area contributed by atoms with Gasteiger partial charge in [-0.2, -0.15) is 0 Å². The molecule has 1 heterocycles. The van der Waals surface area contributed by atoms with E-state index in [0.29, 0.717) is 26.4 Å². The summed E-state index contributed by atoms with van der Waals surface area (Å²) in [6.07, 6.45) is 1.24. The van der Waals surface area contributed by atoms with Crippen LogP contribution in [0, 0.1) is 10.1 Å². The van der Waals surface area contributed by atoms with Crippen molar-refractivity contribution in [2.24, 2.45) is 0 Å². The minimum absolute atomic E-state index is 0.0328. The average Bonchev–Trinajstić information content (AvgIpc) is 2.94. The maximum Gasteiger partial charge on any atom is 0.335 e. The molecule has 13 nitrogen and oxygen atoms in total. The number of benzene rings is 3. The lowest BCUT2D eigenvalue weighted by Gasteiger charge is -2.26. The quantitative estimate of drug-likeness (QED) is 0.154. The molecule has 1 saturated heterocycles. The van der Waals surface area contributed by atoms with E-state index in [-0.39, 0.29) is 35.1 Å². The molecule has 2 N–H and O–H groups in total. The summed E-state index contributed by atoms with van der Waals surface area (Å²) < 4.78 is 16.6. The molecule has 4 rings (SSSR count). The van der Waals surface area contributed by atoms with Gasteiger partial charge < -0.3 is 19.5 Å². The first kappa shape index (κ1) is 28.8. The number of para-hydroxylation sites is 2. The van der Waals surface area contributed by atoms with Gasteiger partial charge in [-0.1, -0.05) is 12.1 Å². The van der Waals surface area contributed by atoms with E-state index in [1.165, 1.54) is 44.6 Å². The molecule has 1 aliphatic heterocycles. The Labute approximate surface area is 241 Å². The van der Waals surface area contributed by atoms with Crippen LogP contribution in [0.5, 0.6) is 17.2 Å². The number of rotatable bonds is 9. The molecule has 210 valence electrons. The summed E-state index contributed by atoms with van der Waals surface area (Å²) in [7, 11) is 2.85. The number of hydrogen-bond donors (Lipinski definition) is 2. The highest BCUT2D eigenvalue weighted by Gasteiger charge is 2.37. The van der Waals surface area contributed by atoms with Gasteiger partial charge in [-0.15, -0.1) is 0 Å². The number of carbonyl (C=O) groups excluding carboxylic acids is 4. The normalized spacial score (nSPS) is 14.0. The van der Waals surface area contributed by atoms with Gasteiger partial charge in [-0.25, -0.2) is 9.69 Å². The number of non-ortho nitro benzene ring substituents is 1. The van der Waals surface area contributed by atoms with Crippen LogP contribution in [0.1, 0.15) is 5.56 Å². The second kappa shape index (κ2) is 12.3. The average molecular weight is 625 g/mol. The Bertz CT molecular complexity index is 1590. The number of ether oxygens (including phenoxy) is 3. The van der Waals surface area contributed by atoms with Crippen LogP contribution >= 0.6 is 15.9 Å². The van der Waals surface area contributed by atoms with Gasteiger partial charge in [-0.3, -0.25) is 29.8 Å². The number of nitrogens with zero attached hydrogens (tertiary/aromatic N) is 2. The first-order valence-electron chi connectivity index (χ1n) is 11.7. The van der Waals surface area contributed by atoms with E-state index in [2.05, 4.69) is 26.6 Å². The molecule has 0 saturated carbocycles. The predicted octanol–water partition coefficient (Wildman–Crippen LogP) is 4.06. The molecule has 41 heavy (non-hydrogen) atoms. The Morgan fingerprint density at radius 1 is 1.05 bits per heavy atom. The fraction of sp³-hybridized carbons (Fsp3) is 0.111. The van der Waals surface area contributed by atoms with Crippen LogP contribution in [0.2, 0.25) is 0 Å². The van der Waals surface area contributed by atoms with Gasteiger partial charge in [0.05, 0.1) is 35.0 Å². The molecule has 5 amide bonds. The van der Waals surface area contributed by atoms with Gasteiger partial charge in [0, 0.05) is 12.1 Å². The lowest BCUT2D eigenvalue weighted by atomic mass is 10.1. The Hall–Kier alpha value is -5.24. The van der Waals surface area contributed by atoms with Gasteiger partial charge in [0.15, 0.2) is 18.1 Å². The van der Waals surface area contributed by atoms with Gasteiger partial charge in [0.25, 0.3) is 23.4 Å². The number of hydrogen-bond acceptors (Lipinski definition) is 9. The largest absolute Gasteiger partial charge is 0.495 e. The van der Waals surface area contributed by atoms with Crippen LogP contribution in [-0.2, 0) is 14.4 Å². The maximum atomic E-state index is 13.2. The smallest absolute Gasteiger partial charge is 0.335 e. The number of carbonyl (C=O) groups is 4. The molecule has 0 atom stereocenters. The number of nitro groups is 1. The second-order valence-electron chi connectivity index (χ2n) is 8.30. The number of imide groups is 2. The van der Waals surface area contributed by atoms with Crippen LogP contribution in [0.25, 0.3) is 6.08 Å². The molecule has 14 heteroatoms. The summed E-state index contributed by atoms with van der Waals surface area (Å²) >= 11 is 3.36. The van der Waals surface area contributed by atoms with Crippen molar-refractivity contribution in [1.29, 1.82) is 0 Å². The third kappa shape index (κ3) is 6.33. The fourth-order valence-electron chi connectivity index (χ4n) is 3.82. The number of amides is 5. The minimum atomic E-state index is -1.00. The second-order valence-corrected chi connectivity index (χ2v) is 9.16. The van der Waals surface area contributed by atoms with Gasteiger partial charge in [-0.05, 0) is 64.0 Å². The van der Waals surface area contributed by atoms with Gasteiger partial charge in [0.2, 0.25) is 0 Å². The Morgan fingerprint density at radius 3 is 2.39 bits per heavy atom. The third-order valence-electron chi connectivity index (χ3n) is 5.71. The Balaban J connectivity index is 1.55. The lowest BCUT2D eigenvalue weighted by Crippen LogP contribution is -2.54. The van der Waals surface area contributed by atoms with E-state index in [1.807, 2.05) is 0 Å². The highest BCUT2D eigenvalue weighted by Crippen LogP contribution is 2.37. The summed E-state index contributed by atoms with van der Waals surface area (Å²) in [5.41, 5.74) is 0.221. The number of halogens is 1. The summed E-state index contributed by atoms with van der Waals surface area (Å²) in [5, 5.41) is 15.7. The SMILES string of the molecule is COc1ccccc1NC(=O)COc1c(Br)cc(/C=C2/C(=O)NC(=O)N(c3ccc([N+](=O)[O-])cc3)C2=O)cc1OC. The lowest BCUT2D eigenvalue weighted by molar-refractivity contribution is -0.384. The van der Waals surface area contributed by atoms with Gasteiger partial charge in [0.1, 0.15) is 11.3 Å². The molecule has 0 spiro atoms. The third-order valence-corrected chi connectivity index (χ3v) is 6.30. The van der Waals surface area contributed by atoms with Crippen molar-refractivity contribution in [3.05, 3.63) is 86.4 Å². The van der Waals surface area contributed by atoms with E-state index in [4.69, 9.17) is 14.2 Å². The Kier molecular flexibility index (Phi) is 8.63. The zero-order valence-electron chi connectivity index (χ0n) is 21.5. The monoisotopic (exact) mass is 624 g/mol. The van der Waals surface area contributed by atoms with Crippen LogP contribution < -0.4 is 29.7 Å². The first-order chi connectivity index (χ1) is 19.6. The number of anilines is 2. The van der Waals surface area contributed by atoms with Crippen LogP contribution in [-0.4, -0.2) is 49.5 Å². The van der Waals surface area contributed by atoms with Crippen molar-refractivity contribution in [3.63, 3.8) is 0 Å². The predicted molar refractivity (Wildman–Crippen MR) is 150 cm³/mol. The van der Waals surface area contributed by atoms with Gasteiger partial charge >= 0.3 is 6.03 Å². The van der Waals surface area contributed by atoms with Crippen molar-refractivity contribution in [1.82, 2.24) is 5.32 Å². The Morgan fingerprint density at radius 2 is 1.73 bits per heavy atom. The summed E-state index contributed by atoms with van der Waals surface area (Å²) in [4.78, 5) is 61.7. The van der Waals surface area contributed by atoms with Crippen LogP contribution in [0.3, 0.4) is 0 Å².